The van der Waals surface area contributed by atoms with Crippen LogP contribution in [-0.2, 0) is 0 Å². The van der Waals surface area contributed by atoms with Crippen LogP contribution in [0.5, 0.6) is 11.5 Å². The van der Waals surface area contributed by atoms with E-state index in [1.807, 2.05) is 0 Å². The molecule has 0 unspecified atom stereocenters. The summed E-state index contributed by atoms with van der Waals surface area (Å²) < 4.78 is 50.6. The van der Waals surface area contributed by atoms with Gasteiger partial charge < -0.3 is 15.2 Å². The number of hydrogen-bond donors (Lipinski definition) is 1. The first-order chi connectivity index (χ1) is 17.7. The Labute approximate surface area is 208 Å². The first-order valence-electron chi connectivity index (χ1n) is 10.8. The third-order valence-electron chi connectivity index (χ3n) is 5.13. The molecule has 4 rings (SSSR count). The summed E-state index contributed by atoms with van der Waals surface area (Å²) in [6, 6.07) is 13.4. The number of aliphatic imine (C=N–C) groups is 1. The monoisotopic (exact) mass is 510 g/mol. The highest BCUT2D eigenvalue weighted by Crippen LogP contribution is 2.28. The first kappa shape index (κ1) is 25.2. The van der Waals surface area contributed by atoms with E-state index in [1.54, 1.807) is 48.3 Å². The minimum absolute atomic E-state index is 0.0675. The second-order valence-corrected chi connectivity index (χ2v) is 7.64. The first-order valence-corrected chi connectivity index (χ1v) is 10.8. The molecule has 0 aliphatic carbocycles. The molecule has 190 valence electrons. The molecule has 2 aromatic heterocycles. The summed E-state index contributed by atoms with van der Waals surface area (Å²) in [6.45, 7) is 1.60. The Bertz CT molecular complexity index is 1530. The Balaban J connectivity index is 1.80. The van der Waals surface area contributed by atoms with E-state index in [0.717, 1.165) is 17.8 Å². The predicted molar refractivity (Wildman–Crippen MR) is 131 cm³/mol. The number of alkyl halides is 3. The highest BCUT2D eigenvalue weighted by atomic mass is 19.4. The van der Waals surface area contributed by atoms with Crippen LogP contribution in [0.15, 0.2) is 94.7 Å². The standard InChI is InChI=1S/C25H21F3N6O3/c1-16(15-29)23(31-17-5-3-6-19(13-17)37-25(26,27)28)24-21(35)9-12-34(32-24)20-8-7-18(14-22(20)36-2)33-11-4-10-30-33/h3-15H,29H2,1-2H3. The molecule has 2 N–H and O–H groups in total. The Hall–Kier alpha value is -4.87. The van der Waals surface area contributed by atoms with Gasteiger partial charge in [0, 0.05) is 36.8 Å². The van der Waals surface area contributed by atoms with E-state index in [0.29, 0.717) is 17.0 Å². The summed E-state index contributed by atoms with van der Waals surface area (Å²) in [5.74, 6) is -0.000372. The third kappa shape index (κ3) is 5.86. The molecule has 37 heavy (non-hydrogen) atoms. The van der Waals surface area contributed by atoms with Crippen molar-refractivity contribution in [3.8, 4) is 22.9 Å². The van der Waals surface area contributed by atoms with Crippen molar-refractivity contribution in [1.82, 2.24) is 19.6 Å². The molecule has 0 bridgehead atoms. The molecule has 0 radical (unpaired) electrons. The lowest BCUT2D eigenvalue weighted by molar-refractivity contribution is -0.274. The van der Waals surface area contributed by atoms with Gasteiger partial charge in [0.25, 0.3) is 0 Å². The summed E-state index contributed by atoms with van der Waals surface area (Å²) >= 11 is 0. The van der Waals surface area contributed by atoms with Gasteiger partial charge in [-0.1, -0.05) is 6.07 Å². The van der Waals surface area contributed by atoms with Crippen LogP contribution in [0.2, 0.25) is 0 Å². The molecule has 0 saturated heterocycles. The molecule has 0 atom stereocenters. The molecule has 4 aromatic rings. The quantitative estimate of drug-likeness (QED) is 0.371. The number of ether oxygens (including phenoxy) is 2. The number of nitrogens with zero attached hydrogens (tertiary/aromatic N) is 5. The fourth-order valence-corrected chi connectivity index (χ4v) is 3.41. The lowest BCUT2D eigenvalue weighted by atomic mass is 10.1. The zero-order valence-electron chi connectivity index (χ0n) is 19.7. The fraction of sp³-hybridized carbons (Fsp3) is 0.120. The molecule has 12 heteroatoms. The van der Waals surface area contributed by atoms with Crippen molar-refractivity contribution in [2.75, 3.05) is 7.11 Å². The topological polar surface area (TPSA) is 110 Å². The lowest BCUT2D eigenvalue weighted by Crippen LogP contribution is -2.22. The molecular formula is C25H21F3N6O3. The van der Waals surface area contributed by atoms with Crippen LogP contribution >= 0.6 is 0 Å². The predicted octanol–water partition coefficient (Wildman–Crippen LogP) is 4.31. The molecule has 2 aromatic carbocycles. The zero-order valence-corrected chi connectivity index (χ0v) is 19.7. The van der Waals surface area contributed by atoms with E-state index >= 15 is 0 Å². The summed E-state index contributed by atoms with van der Waals surface area (Å²) in [4.78, 5) is 17.2. The van der Waals surface area contributed by atoms with Crippen molar-refractivity contribution in [2.24, 2.45) is 10.7 Å². The van der Waals surface area contributed by atoms with Gasteiger partial charge in [-0.15, -0.1) is 13.2 Å². The van der Waals surface area contributed by atoms with Gasteiger partial charge in [-0.05, 0) is 49.0 Å². The summed E-state index contributed by atoms with van der Waals surface area (Å²) in [6.07, 6.45) is 1.26. The van der Waals surface area contributed by atoms with Crippen molar-refractivity contribution in [2.45, 2.75) is 13.3 Å². The van der Waals surface area contributed by atoms with E-state index < -0.39 is 17.5 Å². The van der Waals surface area contributed by atoms with E-state index in [9.17, 15) is 18.0 Å². The third-order valence-corrected chi connectivity index (χ3v) is 5.13. The molecule has 0 aliphatic rings. The highest BCUT2D eigenvalue weighted by Gasteiger charge is 2.31. The van der Waals surface area contributed by atoms with Crippen LogP contribution in [0.1, 0.15) is 12.6 Å². The number of benzene rings is 2. The average Bonchev–Trinajstić information content (AvgIpc) is 3.41. The van der Waals surface area contributed by atoms with Crippen molar-refractivity contribution in [3.63, 3.8) is 0 Å². The maximum atomic E-state index is 12.8. The number of rotatable bonds is 7. The minimum atomic E-state index is -4.86. The second-order valence-electron chi connectivity index (χ2n) is 7.64. The minimum Gasteiger partial charge on any atom is -0.494 e. The highest BCUT2D eigenvalue weighted by molar-refractivity contribution is 6.12. The van der Waals surface area contributed by atoms with Crippen LogP contribution in [0.3, 0.4) is 0 Å². The van der Waals surface area contributed by atoms with E-state index in [-0.39, 0.29) is 17.1 Å². The maximum absolute atomic E-state index is 12.8. The zero-order chi connectivity index (χ0) is 26.6. The summed E-state index contributed by atoms with van der Waals surface area (Å²) in [5.41, 5.74) is 7.01. The maximum Gasteiger partial charge on any atom is 0.573 e. The number of aromatic nitrogens is 4. The number of hydrogen-bond acceptors (Lipinski definition) is 7. The van der Waals surface area contributed by atoms with Crippen LogP contribution in [0, 0.1) is 0 Å². The van der Waals surface area contributed by atoms with Crippen LogP contribution in [0.4, 0.5) is 18.9 Å². The van der Waals surface area contributed by atoms with Crippen molar-refractivity contribution in [1.29, 1.82) is 0 Å². The van der Waals surface area contributed by atoms with Gasteiger partial charge in [-0.3, -0.25) is 4.79 Å². The van der Waals surface area contributed by atoms with Crippen LogP contribution in [-0.4, -0.2) is 38.7 Å². The Kier molecular flexibility index (Phi) is 7.09. The molecule has 0 saturated carbocycles. The Morgan fingerprint density at radius 1 is 1.08 bits per heavy atom. The smallest absolute Gasteiger partial charge is 0.494 e. The Morgan fingerprint density at radius 2 is 1.89 bits per heavy atom. The molecule has 0 amide bonds. The van der Waals surface area contributed by atoms with Gasteiger partial charge in [0.05, 0.1) is 24.2 Å². The van der Waals surface area contributed by atoms with Crippen LogP contribution < -0.4 is 20.6 Å². The molecule has 9 nitrogen and oxygen atoms in total. The van der Waals surface area contributed by atoms with E-state index in [1.165, 1.54) is 42.4 Å². The molecule has 2 heterocycles. The van der Waals surface area contributed by atoms with Gasteiger partial charge in [0.1, 0.15) is 17.2 Å². The molecule has 0 fully saturated rings. The van der Waals surface area contributed by atoms with Gasteiger partial charge in [-0.2, -0.15) is 10.2 Å². The van der Waals surface area contributed by atoms with Gasteiger partial charge in [0.15, 0.2) is 5.69 Å². The van der Waals surface area contributed by atoms with Gasteiger partial charge in [0.2, 0.25) is 5.43 Å². The van der Waals surface area contributed by atoms with E-state index in [2.05, 4.69) is 19.9 Å². The molecular weight excluding hydrogens is 489 g/mol. The second kappa shape index (κ2) is 10.4. The van der Waals surface area contributed by atoms with Crippen molar-refractivity contribution < 1.29 is 22.6 Å². The summed E-state index contributed by atoms with van der Waals surface area (Å²) in [5, 5.41) is 8.65. The molecule has 0 spiro atoms. The van der Waals surface area contributed by atoms with Crippen molar-refractivity contribution >= 4 is 11.4 Å². The largest absolute Gasteiger partial charge is 0.573 e. The number of methoxy groups -OCH3 is 1. The lowest BCUT2D eigenvalue weighted by Gasteiger charge is -2.14. The fourth-order valence-electron chi connectivity index (χ4n) is 3.41. The van der Waals surface area contributed by atoms with Crippen LogP contribution in [0.25, 0.3) is 11.4 Å². The normalized spacial score (nSPS) is 12.5. The number of halogens is 3. The van der Waals surface area contributed by atoms with E-state index in [4.69, 9.17) is 10.5 Å². The SMILES string of the molecule is COc1cc(-n2cccn2)ccc1-n1ccc(=O)c(C(=Nc2cccc(OC(F)(F)F)c2)C(C)=CN)n1. The van der Waals surface area contributed by atoms with Gasteiger partial charge in [-0.25, -0.2) is 14.4 Å². The number of nitrogens with two attached hydrogens (primary N) is 1. The average molecular weight is 510 g/mol. The Morgan fingerprint density at radius 3 is 2.57 bits per heavy atom. The number of allylic oxidation sites excluding steroid dienone is 1. The van der Waals surface area contributed by atoms with Gasteiger partial charge >= 0.3 is 6.36 Å². The summed E-state index contributed by atoms with van der Waals surface area (Å²) in [7, 11) is 1.50. The molecule has 0 aliphatic heterocycles. The van der Waals surface area contributed by atoms with Crippen molar-refractivity contribution in [3.05, 3.63) is 101 Å².